The van der Waals surface area contributed by atoms with Crippen LogP contribution in [0.3, 0.4) is 0 Å². The second-order valence-corrected chi connectivity index (χ2v) is 5.86. The summed E-state index contributed by atoms with van der Waals surface area (Å²) < 4.78 is 0. The van der Waals surface area contributed by atoms with Crippen molar-refractivity contribution < 1.29 is 4.79 Å². The Morgan fingerprint density at radius 1 is 0.720 bits per heavy atom. The quantitative estimate of drug-likeness (QED) is 0.532. The van der Waals surface area contributed by atoms with Crippen molar-refractivity contribution in [3.8, 4) is 0 Å². The van der Waals surface area contributed by atoms with E-state index in [2.05, 4.69) is 36.4 Å². The Hall–Kier alpha value is -2.71. The third-order valence-electron chi connectivity index (χ3n) is 4.09. The van der Waals surface area contributed by atoms with Crippen molar-refractivity contribution in [1.82, 2.24) is 0 Å². The molecule has 0 amide bonds. The Balaban J connectivity index is 0.000000399. The van der Waals surface area contributed by atoms with Crippen molar-refractivity contribution in [1.29, 1.82) is 0 Å². The van der Waals surface area contributed by atoms with E-state index < -0.39 is 5.54 Å². The van der Waals surface area contributed by atoms with E-state index in [1.807, 2.05) is 61.5 Å². The minimum Gasteiger partial charge on any atom is -0.314 e. The van der Waals surface area contributed by atoms with Crippen LogP contribution in [-0.2, 0) is 10.3 Å². The van der Waals surface area contributed by atoms with E-state index in [-0.39, 0.29) is 0 Å². The number of nitrogens with two attached hydrogens (primary N) is 1. The first kappa shape index (κ1) is 18.6. The van der Waals surface area contributed by atoms with Gasteiger partial charge in [0.15, 0.2) is 0 Å². The molecule has 2 N–H and O–H groups in total. The topological polar surface area (TPSA) is 43.1 Å². The monoisotopic (exact) mass is 331 g/mol. The highest BCUT2D eigenvalue weighted by Crippen LogP contribution is 2.33. The van der Waals surface area contributed by atoms with Crippen molar-refractivity contribution in [2.45, 2.75) is 25.3 Å². The number of unbranched alkanes of at least 4 members (excludes halogenated alkanes) is 1. The predicted octanol–water partition coefficient (Wildman–Crippen LogP) is 4.92. The molecule has 0 atom stereocenters. The molecule has 0 aliphatic carbocycles. The van der Waals surface area contributed by atoms with Gasteiger partial charge in [0.25, 0.3) is 0 Å². The summed E-state index contributed by atoms with van der Waals surface area (Å²) in [5, 5.41) is 0. The number of carbonyl (C=O) groups excluding carboxylic acids is 1. The Morgan fingerprint density at radius 3 is 1.24 bits per heavy atom. The molecule has 128 valence electrons. The van der Waals surface area contributed by atoms with Gasteiger partial charge in [0.05, 0.1) is 5.54 Å². The molecule has 0 fully saturated rings. The molecule has 2 heteroatoms. The maximum absolute atomic E-state index is 9.40. The van der Waals surface area contributed by atoms with Crippen LogP contribution in [0.25, 0.3) is 0 Å². The van der Waals surface area contributed by atoms with Gasteiger partial charge in [-0.05, 0) is 23.1 Å². The number of carbonyl (C=O) groups is 1. The number of hydrogen-bond acceptors (Lipinski definition) is 2. The molecule has 0 radical (unpaired) electrons. The smallest absolute Gasteiger partial charge is 0.119 e. The fourth-order valence-corrected chi connectivity index (χ4v) is 2.72. The Morgan fingerprint density at radius 2 is 1.04 bits per heavy atom. The van der Waals surface area contributed by atoms with Crippen molar-refractivity contribution in [2.75, 3.05) is 0 Å². The molecule has 0 aromatic heterocycles. The van der Waals surface area contributed by atoms with Gasteiger partial charge in [0, 0.05) is 6.42 Å². The summed E-state index contributed by atoms with van der Waals surface area (Å²) in [4.78, 5) is 9.40. The fraction of sp³-hybridized carbons (Fsp3) is 0.174. The van der Waals surface area contributed by atoms with E-state index >= 15 is 0 Å². The molecular formula is C23H25NO. The molecular weight excluding hydrogens is 306 g/mol. The summed E-state index contributed by atoms with van der Waals surface area (Å²) in [5.41, 5.74) is 9.53. The van der Waals surface area contributed by atoms with E-state index in [0.29, 0.717) is 6.42 Å². The summed E-state index contributed by atoms with van der Waals surface area (Å²) >= 11 is 0. The second-order valence-electron chi connectivity index (χ2n) is 5.86. The standard InChI is InChI=1S/C19H17N.C4H8O/c20-19(16-10-4-1-5-11-16,17-12-6-2-7-13-17)18-14-8-3-9-15-18;1-2-3-4-5/h1-15H,20H2;4H,2-3H2,1H3. The number of rotatable bonds is 5. The largest absolute Gasteiger partial charge is 0.314 e. The van der Waals surface area contributed by atoms with Crippen LogP contribution < -0.4 is 5.73 Å². The highest BCUT2D eigenvalue weighted by Gasteiger charge is 2.31. The number of benzene rings is 3. The summed E-state index contributed by atoms with van der Waals surface area (Å²) in [6.07, 6.45) is 2.61. The molecule has 3 rings (SSSR count). The van der Waals surface area contributed by atoms with Gasteiger partial charge in [-0.3, -0.25) is 0 Å². The van der Waals surface area contributed by atoms with E-state index in [1.165, 1.54) is 0 Å². The lowest BCUT2D eigenvalue weighted by atomic mass is 9.78. The summed E-state index contributed by atoms with van der Waals surface area (Å²) in [6.45, 7) is 1.98. The molecule has 0 aliphatic rings. The lowest BCUT2D eigenvalue weighted by Crippen LogP contribution is -2.39. The highest BCUT2D eigenvalue weighted by atomic mass is 16.1. The fourth-order valence-electron chi connectivity index (χ4n) is 2.72. The lowest BCUT2D eigenvalue weighted by molar-refractivity contribution is -0.107. The third-order valence-corrected chi connectivity index (χ3v) is 4.09. The van der Waals surface area contributed by atoms with Crippen LogP contribution >= 0.6 is 0 Å². The Kier molecular flexibility index (Phi) is 7.12. The van der Waals surface area contributed by atoms with Crippen LogP contribution in [-0.4, -0.2) is 6.29 Å². The first-order chi connectivity index (χ1) is 12.2. The summed E-state index contributed by atoms with van der Waals surface area (Å²) in [5.74, 6) is 0. The van der Waals surface area contributed by atoms with E-state index in [0.717, 1.165) is 29.4 Å². The maximum Gasteiger partial charge on any atom is 0.119 e. The van der Waals surface area contributed by atoms with Gasteiger partial charge in [0.2, 0.25) is 0 Å². The SMILES string of the molecule is CCCC=O.NC(c1ccccc1)(c1ccccc1)c1ccccc1. The third kappa shape index (κ3) is 4.65. The van der Waals surface area contributed by atoms with E-state index in [1.54, 1.807) is 0 Å². The Bertz CT molecular complexity index is 642. The number of aldehydes is 1. The van der Waals surface area contributed by atoms with Crippen LogP contribution in [0.2, 0.25) is 0 Å². The normalized spacial score (nSPS) is 10.5. The zero-order valence-corrected chi connectivity index (χ0v) is 14.6. The average molecular weight is 331 g/mol. The van der Waals surface area contributed by atoms with Crippen molar-refractivity contribution in [2.24, 2.45) is 5.73 Å². The molecule has 0 heterocycles. The Labute approximate surface area is 150 Å². The number of hydrogen-bond donors (Lipinski definition) is 1. The second kappa shape index (κ2) is 9.55. The molecule has 0 bridgehead atoms. The molecule has 25 heavy (non-hydrogen) atoms. The van der Waals surface area contributed by atoms with Crippen molar-refractivity contribution in [3.63, 3.8) is 0 Å². The zero-order chi connectivity index (χ0) is 18.0. The van der Waals surface area contributed by atoms with Crippen LogP contribution in [0.15, 0.2) is 91.0 Å². The maximum atomic E-state index is 9.40. The van der Waals surface area contributed by atoms with Gasteiger partial charge in [-0.15, -0.1) is 0 Å². The van der Waals surface area contributed by atoms with Gasteiger partial charge >= 0.3 is 0 Å². The van der Waals surface area contributed by atoms with Gasteiger partial charge < -0.3 is 10.5 Å². The van der Waals surface area contributed by atoms with E-state index in [9.17, 15) is 4.79 Å². The minimum atomic E-state index is -0.621. The summed E-state index contributed by atoms with van der Waals surface area (Å²) in [7, 11) is 0. The van der Waals surface area contributed by atoms with Crippen LogP contribution in [0.5, 0.6) is 0 Å². The van der Waals surface area contributed by atoms with Crippen LogP contribution in [0, 0.1) is 0 Å². The van der Waals surface area contributed by atoms with Crippen LogP contribution in [0.4, 0.5) is 0 Å². The predicted molar refractivity (Wildman–Crippen MR) is 104 cm³/mol. The molecule has 0 aliphatic heterocycles. The molecule has 0 saturated carbocycles. The molecule has 0 spiro atoms. The van der Waals surface area contributed by atoms with Gasteiger partial charge in [-0.2, -0.15) is 0 Å². The van der Waals surface area contributed by atoms with Crippen molar-refractivity contribution in [3.05, 3.63) is 108 Å². The molecule has 0 unspecified atom stereocenters. The first-order valence-electron chi connectivity index (χ1n) is 8.62. The lowest BCUT2D eigenvalue weighted by Gasteiger charge is -2.31. The average Bonchev–Trinajstić information content (AvgIpc) is 2.70. The van der Waals surface area contributed by atoms with Crippen LogP contribution in [0.1, 0.15) is 36.5 Å². The van der Waals surface area contributed by atoms with Gasteiger partial charge in [0.1, 0.15) is 6.29 Å². The first-order valence-corrected chi connectivity index (χ1v) is 8.62. The van der Waals surface area contributed by atoms with Gasteiger partial charge in [-0.1, -0.05) is 97.9 Å². The molecule has 0 saturated heterocycles. The molecule has 3 aromatic rings. The molecule has 2 nitrogen and oxygen atoms in total. The van der Waals surface area contributed by atoms with Gasteiger partial charge in [-0.25, -0.2) is 0 Å². The zero-order valence-electron chi connectivity index (χ0n) is 14.6. The van der Waals surface area contributed by atoms with E-state index in [4.69, 9.17) is 5.73 Å². The highest BCUT2D eigenvalue weighted by molar-refractivity contribution is 5.49. The minimum absolute atomic E-state index is 0.621. The molecule has 3 aromatic carbocycles. The van der Waals surface area contributed by atoms with Crippen molar-refractivity contribution >= 4 is 6.29 Å². The summed E-state index contributed by atoms with van der Waals surface area (Å²) in [6, 6.07) is 30.7.